The summed E-state index contributed by atoms with van der Waals surface area (Å²) in [7, 11) is 3.86. The molecule has 0 saturated heterocycles. The molecule has 1 rings (SSSR count). The van der Waals surface area contributed by atoms with E-state index >= 15 is 0 Å². The minimum atomic E-state index is -0.924. The van der Waals surface area contributed by atoms with Gasteiger partial charge in [-0.05, 0) is 25.5 Å². The molecule has 1 unspecified atom stereocenters. The number of esters is 2. The lowest BCUT2D eigenvalue weighted by atomic mass is 10.0. The van der Waals surface area contributed by atoms with Gasteiger partial charge in [0, 0.05) is 7.11 Å². The van der Waals surface area contributed by atoms with Crippen LogP contribution in [0.2, 0.25) is 0 Å². The molecule has 126 valence electrons. The fourth-order valence-corrected chi connectivity index (χ4v) is 2.26. The Morgan fingerprint density at radius 1 is 1.13 bits per heavy atom. The Bertz CT molecular complexity index is 598. The first kappa shape index (κ1) is 18.6. The van der Waals surface area contributed by atoms with E-state index in [4.69, 9.17) is 14.2 Å². The Morgan fingerprint density at radius 3 is 2.30 bits per heavy atom. The summed E-state index contributed by atoms with van der Waals surface area (Å²) in [5.74, 6) is -1.67. The summed E-state index contributed by atoms with van der Waals surface area (Å²) in [6.07, 6.45) is 0. The monoisotopic (exact) mass is 323 g/mol. The summed E-state index contributed by atoms with van der Waals surface area (Å²) < 4.78 is 14.4. The van der Waals surface area contributed by atoms with Crippen LogP contribution < -0.4 is 4.90 Å². The number of methoxy groups -OCH3 is 3. The molecule has 1 aromatic rings. The number of carbonyl (C=O) groups is 3. The van der Waals surface area contributed by atoms with Gasteiger partial charge in [0.2, 0.25) is 0 Å². The van der Waals surface area contributed by atoms with Crippen LogP contribution in [-0.4, -0.2) is 51.8 Å². The highest BCUT2D eigenvalue weighted by atomic mass is 16.5. The highest BCUT2D eigenvalue weighted by Crippen LogP contribution is 2.28. The van der Waals surface area contributed by atoms with Gasteiger partial charge < -0.3 is 14.2 Å². The quantitative estimate of drug-likeness (QED) is 0.734. The summed E-state index contributed by atoms with van der Waals surface area (Å²) in [5, 5.41) is 0. The van der Waals surface area contributed by atoms with Gasteiger partial charge in [-0.1, -0.05) is 12.1 Å². The molecule has 0 fully saturated rings. The molecule has 0 aliphatic rings. The minimum Gasteiger partial charge on any atom is -0.467 e. The molecular formula is C16H21NO6. The summed E-state index contributed by atoms with van der Waals surface area (Å²) in [5.41, 5.74) is 1.14. The average Bonchev–Trinajstić information content (AvgIpc) is 2.55. The summed E-state index contributed by atoms with van der Waals surface area (Å²) in [4.78, 5) is 37.6. The van der Waals surface area contributed by atoms with Gasteiger partial charge >= 0.3 is 11.9 Å². The van der Waals surface area contributed by atoms with E-state index in [0.717, 1.165) is 0 Å². The first-order valence-corrected chi connectivity index (χ1v) is 6.95. The number of amides is 1. The Kier molecular flexibility index (Phi) is 6.71. The molecule has 23 heavy (non-hydrogen) atoms. The van der Waals surface area contributed by atoms with Crippen LogP contribution in [0.4, 0.5) is 5.69 Å². The molecule has 0 aliphatic carbocycles. The number of ether oxygens (including phenoxy) is 3. The van der Waals surface area contributed by atoms with Gasteiger partial charge in [0.25, 0.3) is 5.91 Å². The standard InChI is InChI=1S/C16H21NO6/c1-10-7-6-8-12(16(20)23-5)14(10)17(13(18)9-21-3)11(2)15(19)22-4/h6-8,11H,9H2,1-5H3. The lowest BCUT2D eigenvalue weighted by molar-refractivity contribution is -0.143. The molecular weight excluding hydrogens is 302 g/mol. The topological polar surface area (TPSA) is 82.1 Å². The van der Waals surface area contributed by atoms with Crippen molar-refractivity contribution in [1.29, 1.82) is 0 Å². The summed E-state index contributed by atoms with van der Waals surface area (Å²) >= 11 is 0. The lowest BCUT2D eigenvalue weighted by Crippen LogP contribution is -2.46. The number of carbonyl (C=O) groups excluding carboxylic acids is 3. The van der Waals surface area contributed by atoms with Crippen LogP contribution in [0.15, 0.2) is 18.2 Å². The predicted molar refractivity (Wildman–Crippen MR) is 83.4 cm³/mol. The zero-order chi connectivity index (χ0) is 17.6. The largest absolute Gasteiger partial charge is 0.467 e. The van der Waals surface area contributed by atoms with Gasteiger partial charge in [0.15, 0.2) is 0 Å². The highest BCUT2D eigenvalue weighted by Gasteiger charge is 2.32. The minimum absolute atomic E-state index is 0.188. The van der Waals surface area contributed by atoms with Crippen molar-refractivity contribution in [1.82, 2.24) is 0 Å². The van der Waals surface area contributed by atoms with Crippen molar-refractivity contribution in [3.63, 3.8) is 0 Å². The maximum absolute atomic E-state index is 12.5. The third-order valence-corrected chi connectivity index (χ3v) is 3.35. The van der Waals surface area contributed by atoms with E-state index in [0.29, 0.717) is 11.3 Å². The van der Waals surface area contributed by atoms with Crippen molar-refractivity contribution in [2.45, 2.75) is 19.9 Å². The number of hydrogen-bond acceptors (Lipinski definition) is 6. The van der Waals surface area contributed by atoms with Gasteiger partial charge in [0.05, 0.1) is 25.5 Å². The third kappa shape index (κ3) is 4.07. The van der Waals surface area contributed by atoms with Crippen LogP contribution in [0, 0.1) is 6.92 Å². The SMILES string of the molecule is COCC(=O)N(c1c(C)cccc1C(=O)OC)C(C)C(=O)OC. The predicted octanol–water partition coefficient (Wildman–Crippen LogP) is 1.32. The molecule has 0 saturated carbocycles. The van der Waals surface area contributed by atoms with E-state index in [9.17, 15) is 14.4 Å². The van der Waals surface area contributed by atoms with E-state index in [1.165, 1.54) is 39.2 Å². The molecule has 0 spiro atoms. The van der Waals surface area contributed by atoms with Crippen molar-refractivity contribution < 1.29 is 28.6 Å². The van der Waals surface area contributed by atoms with Crippen LogP contribution in [-0.2, 0) is 23.8 Å². The molecule has 1 atom stereocenters. The molecule has 7 heteroatoms. The van der Waals surface area contributed by atoms with E-state index in [1.54, 1.807) is 19.1 Å². The maximum Gasteiger partial charge on any atom is 0.339 e. The van der Waals surface area contributed by atoms with E-state index < -0.39 is 23.9 Å². The van der Waals surface area contributed by atoms with Crippen molar-refractivity contribution in [2.24, 2.45) is 0 Å². The van der Waals surface area contributed by atoms with E-state index in [1.807, 2.05) is 0 Å². The molecule has 0 bridgehead atoms. The van der Waals surface area contributed by atoms with Crippen molar-refractivity contribution in [3.8, 4) is 0 Å². The van der Waals surface area contributed by atoms with Gasteiger partial charge in [-0.15, -0.1) is 0 Å². The number of anilines is 1. The normalized spacial score (nSPS) is 11.5. The second-order valence-electron chi connectivity index (χ2n) is 4.86. The maximum atomic E-state index is 12.5. The number of benzene rings is 1. The number of nitrogens with zero attached hydrogens (tertiary/aromatic N) is 1. The third-order valence-electron chi connectivity index (χ3n) is 3.35. The highest BCUT2D eigenvalue weighted by molar-refractivity contribution is 6.06. The summed E-state index contributed by atoms with van der Waals surface area (Å²) in [6, 6.07) is 4.02. The van der Waals surface area contributed by atoms with Gasteiger partial charge in [-0.25, -0.2) is 9.59 Å². The fraction of sp³-hybridized carbons (Fsp3) is 0.438. The first-order chi connectivity index (χ1) is 10.9. The van der Waals surface area contributed by atoms with E-state index in [-0.39, 0.29) is 12.2 Å². The number of rotatable bonds is 6. The molecule has 7 nitrogen and oxygen atoms in total. The molecule has 0 heterocycles. The number of para-hydroxylation sites is 1. The Hall–Kier alpha value is -2.41. The molecule has 0 aliphatic heterocycles. The first-order valence-electron chi connectivity index (χ1n) is 6.95. The zero-order valence-corrected chi connectivity index (χ0v) is 13.9. The van der Waals surface area contributed by atoms with Crippen molar-refractivity contribution in [3.05, 3.63) is 29.3 Å². The smallest absolute Gasteiger partial charge is 0.339 e. The Labute approximate surface area is 135 Å². The van der Waals surface area contributed by atoms with Crippen LogP contribution in [0.3, 0.4) is 0 Å². The van der Waals surface area contributed by atoms with Crippen molar-refractivity contribution >= 4 is 23.5 Å². The Morgan fingerprint density at radius 2 is 1.78 bits per heavy atom. The molecule has 0 N–H and O–H groups in total. The van der Waals surface area contributed by atoms with Crippen LogP contribution in [0.25, 0.3) is 0 Å². The molecule has 0 radical (unpaired) electrons. The van der Waals surface area contributed by atoms with Crippen LogP contribution >= 0.6 is 0 Å². The van der Waals surface area contributed by atoms with Crippen molar-refractivity contribution in [2.75, 3.05) is 32.8 Å². The average molecular weight is 323 g/mol. The second kappa shape index (κ2) is 8.28. The molecule has 1 amide bonds. The van der Waals surface area contributed by atoms with E-state index in [2.05, 4.69) is 0 Å². The summed E-state index contributed by atoms with van der Waals surface area (Å²) in [6.45, 7) is 3.02. The number of aryl methyl sites for hydroxylation is 1. The van der Waals surface area contributed by atoms with Gasteiger partial charge in [0.1, 0.15) is 12.6 Å². The van der Waals surface area contributed by atoms with Crippen LogP contribution in [0.5, 0.6) is 0 Å². The second-order valence-corrected chi connectivity index (χ2v) is 4.86. The van der Waals surface area contributed by atoms with Crippen LogP contribution in [0.1, 0.15) is 22.8 Å². The molecule has 1 aromatic carbocycles. The lowest BCUT2D eigenvalue weighted by Gasteiger charge is -2.30. The van der Waals surface area contributed by atoms with Gasteiger partial charge in [-0.2, -0.15) is 0 Å². The fourth-order valence-electron chi connectivity index (χ4n) is 2.26. The van der Waals surface area contributed by atoms with Gasteiger partial charge in [-0.3, -0.25) is 9.69 Å². The zero-order valence-electron chi connectivity index (χ0n) is 13.9. The number of hydrogen-bond donors (Lipinski definition) is 0. The Balaban J connectivity index is 3.51. The molecule has 0 aromatic heterocycles.